The van der Waals surface area contributed by atoms with Crippen molar-refractivity contribution < 1.29 is 14.3 Å². The van der Waals surface area contributed by atoms with Crippen LogP contribution in [-0.2, 0) is 29.0 Å². The van der Waals surface area contributed by atoms with Crippen molar-refractivity contribution in [1.82, 2.24) is 4.98 Å². The number of amides is 1. The molecule has 1 heterocycles. The molecule has 0 aliphatic carbocycles. The second kappa shape index (κ2) is 10.2. The van der Waals surface area contributed by atoms with Crippen molar-refractivity contribution >= 4 is 17.6 Å². The van der Waals surface area contributed by atoms with Crippen LogP contribution in [0.5, 0.6) is 0 Å². The van der Waals surface area contributed by atoms with Crippen LogP contribution in [0.1, 0.15) is 40.4 Å². The van der Waals surface area contributed by atoms with Gasteiger partial charge in [0.2, 0.25) is 0 Å². The quantitative estimate of drug-likeness (QED) is 0.574. The van der Waals surface area contributed by atoms with Crippen molar-refractivity contribution in [2.75, 3.05) is 5.32 Å². The highest BCUT2D eigenvalue weighted by atomic mass is 16.5. The van der Waals surface area contributed by atoms with Gasteiger partial charge in [0.25, 0.3) is 5.91 Å². The second-order valence-electron chi connectivity index (χ2n) is 6.68. The van der Waals surface area contributed by atoms with E-state index in [1.54, 1.807) is 24.5 Å². The summed E-state index contributed by atoms with van der Waals surface area (Å²) in [6.07, 6.45) is 5.06. The number of anilines is 1. The van der Waals surface area contributed by atoms with Crippen LogP contribution >= 0.6 is 0 Å². The van der Waals surface area contributed by atoms with Gasteiger partial charge < -0.3 is 10.1 Å². The fourth-order valence-electron chi connectivity index (χ4n) is 2.93. The lowest BCUT2D eigenvalue weighted by atomic mass is 10.1. The molecule has 0 unspecified atom stereocenters. The van der Waals surface area contributed by atoms with Gasteiger partial charge in [0.1, 0.15) is 6.61 Å². The summed E-state index contributed by atoms with van der Waals surface area (Å²) in [4.78, 5) is 28.4. The Morgan fingerprint density at radius 3 is 2.48 bits per heavy atom. The number of rotatable bonds is 8. The Morgan fingerprint density at radius 1 is 0.966 bits per heavy atom. The summed E-state index contributed by atoms with van der Waals surface area (Å²) in [5, 5.41) is 2.96. The average molecular weight is 388 g/mol. The molecule has 3 aromatic rings. The normalized spacial score (nSPS) is 10.4. The predicted molar refractivity (Wildman–Crippen MR) is 113 cm³/mol. The highest BCUT2D eigenvalue weighted by Crippen LogP contribution is 2.17. The number of aryl methyl sites for hydroxylation is 2. The number of hydrogen-bond donors (Lipinski definition) is 1. The number of nitrogens with one attached hydrogen (secondary N) is 1. The molecule has 1 amide bonds. The fourth-order valence-corrected chi connectivity index (χ4v) is 2.93. The molecule has 148 valence electrons. The third-order valence-corrected chi connectivity index (χ3v) is 4.60. The molecule has 5 heteroatoms. The van der Waals surface area contributed by atoms with E-state index < -0.39 is 0 Å². The first kappa shape index (κ1) is 20.3. The van der Waals surface area contributed by atoms with E-state index in [9.17, 15) is 9.59 Å². The smallest absolute Gasteiger partial charge is 0.306 e. The monoisotopic (exact) mass is 388 g/mol. The lowest BCUT2D eigenvalue weighted by Gasteiger charge is -2.10. The van der Waals surface area contributed by atoms with Gasteiger partial charge in [-0.3, -0.25) is 14.6 Å². The van der Waals surface area contributed by atoms with Gasteiger partial charge in [-0.2, -0.15) is 0 Å². The summed E-state index contributed by atoms with van der Waals surface area (Å²) in [6.45, 7) is 2.28. The Bertz CT molecular complexity index is 953. The number of esters is 1. The molecule has 0 saturated carbocycles. The van der Waals surface area contributed by atoms with Crippen LogP contribution in [-0.4, -0.2) is 16.9 Å². The second-order valence-corrected chi connectivity index (χ2v) is 6.68. The van der Waals surface area contributed by atoms with E-state index in [4.69, 9.17) is 4.74 Å². The standard InChI is InChI=1S/C24H24N2O3/c1-2-20-7-3-4-8-22(20)26-24(28)21-12-9-18(10-13-21)11-14-23(27)29-17-19-6-5-15-25-16-19/h3-10,12-13,15-16H,2,11,14,17H2,1H3,(H,26,28). The highest BCUT2D eigenvalue weighted by molar-refractivity contribution is 6.04. The third-order valence-electron chi connectivity index (χ3n) is 4.60. The van der Waals surface area contributed by atoms with Gasteiger partial charge in [-0.25, -0.2) is 0 Å². The summed E-state index contributed by atoms with van der Waals surface area (Å²) in [7, 11) is 0. The highest BCUT2D eigenvalue weighted by Gasteiger charge is 2.09. The van der Waals surface area contributed by atoms with Crippen LogP contribution < -0.4 is 5.32 Å². The van der Waals surface area contributed by atoms with E-state index >= 15 is 0 Å². The van der Waals surface area contributed by atoms with Crippen molar-refractivity contribution in [3.8, 4) is 0 Å². The lowest BCUT2D eigenvalue weighted by molar-refractivity contribution is -0.144. The summed E-state index contributed by atoms with van der Waals surface area (Å²) < 4.78 is 5.26. The number of pyridine rings is 1. The maximum Gasteiger partial charge on any atom is 0.306 e. The van der Waals surface area contributed by atoms with Crippen LogP contribution in [0.25, 0.3) is 0 Å². The number of aromatic nitrogens is 1. The largest absolute Gasteiger partial charge is 0.461 e. The molecule has 0 aliphatic heterocycles. The van der Waals surface area contributed by atoms with Crippen molar-refractivity contribution in [3.05, 3.63) is 95.3 Å². The summed E-state index contributed by atoms with van der Waals surface area (Å²) in [5.41, 5.74) is 4.36. The van der Waals surface area contributed by atoms with Crippen molar-refractivity contribution in [2.24, 2.45) is 0 Å². The number of carbonyl (C=O) groups is 2. The van der Waals surface area contributed by atoms with Crippen molar-refractivity contribution in [2.45, 2.75) is 32.8 Å². The Hall–Kier alpha value is -3.47. The van der Waals surface area contributed by atoms with Crippen LogP contribution in [0.3, 0.4) is 0 Å². The van der Waals surface area contributed by atoms with Gasteiger partial charge in [0, 0.05) is 35.6 Å². The van der Waals surface area contributed by atoms with Gasteiger partial charge in [-0.15, -0.1) is 0 Å². The summed E-state index contributed by atoms with van der Waals surface area (Å²) in [5.74, 6) is -0.403. The molecule has 0 atom stereocenters. The maximum atomic E-state index is 12.5. The fraction of sp³-hybridized carbons (Fsp3) is 0.208. The maximum absolute atomic E-state index is 12.5. The van der Waals surface area contributed by atoms with Gasteiger partial charge in [-0.05, 0) is 48.2 Å². The first-order valence-corrected chi connectivity index (χ1v) is 9.68. The first-order chi connectivity index (χ1) is 14.2. The molecule has 0 spiro atoms. The van der Waals surface area contributed by atoms with Crippen molar-refractivity contribution in [1.29, 1.82) is 0 Å². The molecule has 0 aliphatic rings. The topological polar surface area (TPSA) is 68.3 Å². The molecule has 1 aromatic heterocycles. The van der Waals surface area contributed by atoms with E-state index in [0.29, 0.717) is 12.0 Å². The number of ether oxygens (including phenoxy) is 1. The van der Waals surface area contributed by atoms with Crippen LogP contribution in [0, 0.1) is 0 Å². The summed E-state index contributed by atoms with van der Waals surface area (Å²) in [6, 6.07) is 18.7. The zero-order chi connectivity index (χ0) is 20.5. The van der Waals surface area contributed by atoms with Crippen LogP contribution in [0.2, 0.25) is 0 Å². The van der Waals surface area contributed by atoms with E-state index in [0.717, 1.165) is 28.8 Å². The molecular weight excluding hydrogens is 364 g/mol. The number of carbonyl (C=O) groups excluding carboxylic acids is 2. The van der Waals surface area contributed by atoms with Gasteiger partial charge >= 0.3 is 5.97 Å². The molecule has 29 heavy (non-hydrogen) atoms. The molecule has 0 radical (unpaired) electrons. The molecule has 1 N–H and O–H groups in total. The van der Waals surface area contributed by atoms with Gasteiger partial charge in [0.15, 0.2) is 0 Å². The van der Waals surface area contributed by atoms with E-state index in [-0.39, 0.29) is 24.9 Å². The molecular formula is C24H24N2O3. The van der Waals surface area contributed by atoms with Gasteiger partial charge in [-0.1, -0.05) is 43.3 Å². The van der Waals surface area contributed by atoms with Crippen LogP contribution in [0.15, 0.2) is 73.1 Å². The molecule has 0 saturated heterocycles. The Balaban J connectivity index is 1.49. The predicted octanol–water partition coefficient (Wildman–Crippen LogP) is 4.57. The first-order valence-electron chi connectivity index (χ1n) is 9.68. The minimum atomic E-state index is -0.258. The Labute approximate surface area is 170 Å². The third kappa shape index (κ3) is 6.01. The molecule has 3 rings (SSSR count). The van der Waals surface area contributed by atoms with E-state index in [2.05, 4.69) is 17.2 Å². The zero-order valence-corrected chi connectivity index (χ0v) is 16.4. The minimum Gasteiger partial charge on any atom is -0.461 e. The molecule has 0 bridgehead atoms. The van der Waals surface area contributed by atoms with E-state index in [1.165, 1.54) is 0 Å². The Morgan fingerprint density at radius 2 is 1.76 bits per heavy atom. The lowest BCUT2D eigenvalue weighted by Crippen LogP contribution is -2.13. The SMILES string of the molecule is CCc1ccccc1NC(=O)c1ccc(CCC(=O)OCc2cccnc2)cc1. The molecule has 5 nitrogen and oxygen atoms in total. The number of nitrogens with zero attached hydrogens (tertiary/aromatic N) is 1. The zero-order valence-electron chi connectivity index (χ0n) is 16.4. The Kier molecular flexibility index (Phi) is 7.11. The average Bonchev–Trinajstić information content (AvgIpc) is 2.77. The minimum absolute atomic E-state index is 0.145. The van der Waals surface area contributed by atoms with Gasteiger partial charge in [0.05, 0.1) is 0 Å². The summed E-state index contributed by atoms with van der Waals surface area (Å²) >= 11 is 0. The van der Waals surface area contributed by atoms with E-state index in [1.807, 2.05) is 48.5 Å². The number of benzene rings is 2. The van der Waals surface area contributed by atoms with Crippen LogP contribution in [0.4, 0.5) is 5.69 Å². The number of para-hydroxylation sites is 1. The van der Waals surface area contributed by atoms with Crippen molar-refractivity contribution in [3.63, 3.8) is 0 Å². The molecule has 2 aromatic carbocycles. The number of hydrogen-bond acceptors (Lipinski definition) is 4. The molecule has 0 fully saturated rings.